The van der Waals surface area contributed by atoms with Crippen LogP contribution in [0.1, 0.15) is 18.1 Å². The summed E-state index contributed by atoms with van der Waals surface area (Å²) in [5, 5.41) is 0. The molecule has 0 spiro atoms. The summed E-state index contributed by atoms with van der Waals surface area (Å²) in [6, 6.07) is 2.44. The molecular weight excluding hydrogens is 269 g/mol. The predicted molar refractivity (Wildman–Crippen MR) is 72.1 cm³/mol. The molecule has 108 valence electrons. The molecule has 1 atom stereocenters. The van der Waals surface area contributed by atoms with Gasteiger partial charge in [-0.2, -0.15) is 0 Å². The Labute approximate surface area is 114 Å². The van der Waals surface area contributed by atoms with Crippen LogP contribution < -0.4 is 4.72 Å². The first-order valence-corrected chi connectivity index (χ1v) is 7.51. The standard InChI is InChI=1S/C13H20FNO3S/c1-9(8-18-4)7-15-19(16,17)13-10(2)5-12(14)6-11(13)3/h5-6,9,15H,7-8H2,1-4H3. The molecule has 0 heterocycles. The summed E-state index contributed by atoms with van der Waals surface area (Å²) in [5.74, 6) is -0.359. The van der Waals surface area contributed by atoms with Gasteiger partial charge in [0, 0.05) is 20.3 Å². The van der Waals surface area contributed by atoms with Crippen molar-refractivity contribution in [2.75, 3.05) is 20.3 Å². The molecule has 0 bridgehead atoms. The van der Waals surface area contributed by atoms with Crippen LogP contribution in [0, 0.1) is 25.6 Å². The first kappa shape index (κ1) is 16.1. The number of rotatable bonds is 6. The lowest BCUT2D eigenvalue weighted by molar-refractivity contribution is 0.161. The smallest absolute Gasteiger partial charge is 0.241 e. The number of halogens is 1. The van der Waals surface area contributed by atoms with Crippen molar-refractivity contribution in [1.29, 1.82) is 0 Å². The van der Waals surface area contributed by atoms with Crippen LogP contribution in [0.25, 0.3) is 0 Å². The van der Waals surface area contributed by atoms with E-state index in [9.17, 15) is 12.8 Å². The van der Waals surface area contributed by atoms with Gasteiger partial charge in [-0.15, -0.1) is 0 Å². The van der Waals surface area contributed by atoms with E-state index in [2.05, 4.69) is 4.72 Å². The minimum absolute atomic E-state index is 0.0702. The summed E-state index contributed by atoms with van der Waals surface area (Å²) in [6.45, 7) is 5.82. The Morgan fingerprint density at radius 2 is 1.84 bits per heavy atom. The minimum Gasteiger partial charge on any atom is -0.384 e. The van der Waals surface area contributed by atoms with Gasteiger partial charge >= 0.3 is 0 Å². The van der Waals surface area contributed by atoms with E-state index in [1.807, 2.05) is 6.92 Å². The second kappa shape index (κ2) is 6.45. The quantitative estimate of drug-likeness (QED) is 0.871. The number of nitrogens with one attached hydrogen (secondary N) is 1. The number of hydrogen-bond donors (Lipinski definition) is 1. The zero-order valence-corrected chi connectivity index (χ0v) is 12.5. The summed E-state index contributed by atoms with van der Waals surface area (Å²) >= 11 is 0. The zero-order valence-electron chi connectivity index (χ0n) is 11.7. The molecule has 1 aromatic carbocycles. The molecule has 0 amide bonds. The molecule has 19 heavy (non-hydrogen) atoms. The van der Waals surface area contributed by atoms with E-state index < -0.39 is 15.8 Å². The van der Waals surface area contributed by atoms with Crippen molar-refractivity contribution in [3.63, 3.8) is 0 Å². The van der Waals surface area contributed by atoms with E-state index in [1.54, 1.807) is 21.0 Å². The van der Waals surface area contributed by atoms with Crippen LogP contribution in [0.2, 0.25) is 0 Å². The third kappa shape index (κ3) is 4.26. The van der Waals surface area contributed by atoms with Gasteiger partial charge in [-0.25, -0.2) is 17.5 Å². The second-order valence-electron chi connectivity index (χ2n) is 4.78. The van der Waals surface area contributed by atoms with E-state index in [0.29, 0.717) is 17.7 Å². The summed E-state index contributed by atoms with van der Waals surface area (Å²) in [7, 11) is -2.06. The van der Waals surface area contributed by atoms with Crippen LogP contribution in [-0.2, 0) is 14.8 Å². The van der Waals surface area contributed by atoms with Crippen molar-refractivity contribution < 1.29 is 17.5 Å². The Hall–Kier alpha value is -0.980. The first-order valence-electron chi connectivity index (χ1n) is 6.03. The van der Waals surface area contributed by atoms with Crippen molar-refractivity contribution >= 4 is 10.0 Å². The largest absolute Gasteiger partial charge is 0.384 e. The van der Waals surface area contributed by atoms with Crippen LogP contribution >= 0.6 is 0 Å². The van der Waals surface area contributed by atoms with Crippen LogP contribution in [-0.4, -0.2) is 28.7 Å². The van der Waals surface area contributed by atoms with E-state index in [-0.39, 0.29) is 17.4 Å². The van der Waals surface area contributed by atoms with Gasteiger partial charge in [0.1, 0.15) is 5.82 Å². The van der Waals surface area contributed by atoms with Gasteiger partial charge in [-0.05, 0) is 43.0 Å². The molecule has 0 aliphatic rings. The number of aryl methyl sites for hydroxylation is 2. The molecule has 0 saturated carbocycles. The number of methoxy groups -OCH3 is 1. The molecule has 1 unspecified atom stereocenters. The monoisotopic (exact) mass is 289 g/mol. The van der Waals surface area contributed by atoms with Crippen LogP contribution in [0.5, 0.6) is 0 Å². The molecule has 4 nitrogen and oxygen atoms in total. The predicted octanol–water partition coefficient (Wildman–Crippen LogP) is 2.00. The average Bonchev–Trinajstić information content (AvgIpc) is 2.25. The maximum Gasteiger partial charge on any atom is 0.241 e. The minimum atomic E-state index is -3.62. The molecule has 0 aliphatic carbocycles. The highest BCUT2D eigenvalue weighted by Crippen LogP contribution is 2.21. The third-order valence-corrected chi connectivity index (χ3v) is 4.49. The number of benzene rings is 1. The summed E-state index contributed by atoms with van der Waals surface area (Å²) in [5.41, 5.74) is 0.814. The molecule has 0 saturated heterocycles. The van der Waals surface area contributed by atoms with Crippen molar-refractivity contribution in [2.24, 2.45) is 5.92 Å². The van der Waals surface area contributed by atoms with E-state index in [1.165, 1.54) is 12.1 Å². The Bertz CT molecular complexity index is 520. The van der Waals surface area contributed by atoms with E-state index >= 15 is 0 Å². The lowest BCUT2D eigenvalue weighted by atomic mass is 10.1. The van der Waals surface area contributed by atoms with Gasteiger partial charge in [0.2, 0.25) is 10.0 Å². The molecular formula is C13H20FNO3S. The Kier molecular flexibility index (Phi) is 5.46. The van der Waals surface area contributed by atoms with Crippen molar-refractivity contribution in [1.82, 2.24) is 4.72 Å². The third-order valence-electron chi connectivity index (χ3n) is 2.77. The lowest BCUT2D eigenvalue weighted by Crippen LogP contribution is -2.31. The van der Waals surface area contributed by atoms with Crippen molar-refractivity contribution in [2.45, 2.75) is 25.7 Å². The van der Waals surface area contributed by atoms with Gasteiger partial charge in [0.25, 0.3) is 0 Å². The molecule has 0 radical (unpaired) electrons. The zero-order chi connectivity index (χ0) is 14.6. The molecule has 0 aromatic heterocycles. The van der Waals surface area contributed by atoms with Crippen molar-refractivity contribution in [3.05, 3.63) is 29.1 Å². The molecule has 1 aromatic rings. The van der Waals surface area contributed by atoms with Gasteiger partial charge in [-0.3, -0.25) is 0 Å². The van der Waals surface area contributed by atoms with Gasteiger partial charge in [0.05, 0.1) is 4.90 Å². The highest BCUT2D eigenvalue weighted by Gasteiger charge is 2.20. The molecule has 0 aliphatic heterocycles. The normalized spacial score (nSPS) is 13.5. The van der Waals surface area contributed by atoms with Gasteiger partial charge < -0.3 is 4.74 Å². The second-order valence-corrected chi connectivity index (χ2v) is 6.48. The summed E-state index contributed by atoms with van der Waals surface area (Å²) < 4.78 is 45.1. The molecule has 6 heteroatoms. The topological polar surface area (TPSA) is 55.4 Å². The number of sulfonamides is 1. The SMILES string of the molecule is COCC(C)CNS(=O)(=O)c1c(C)cc(F)cc1C. The Morgan fingerprint density at radius 3 is 2.32 bits per heavy atom. The van der Waals surface area contributed by atoms with Crippen LogP contribution in [0.4, 0.5) is 4.39 Å². The van der Waals surface area contributed by atoms with E-state index in [0.717, 1.165) is 0 Å². The fraction of sp³-hybridized carbons (Fsp3) is 0.538. The van der Waals surface area contributed by atoms with Gasteiger partial charge in [-0.1, -0.05) is 6.92 Å². The highest BCUT2D eigenvalue weighted by atomic mass is 32.2. The highest BCUT2D eigenvalue weighted by molar-refractivity contribution is 7.89. The molecule has 0 fully saturated rings. The van der Waals surface area contributed by atoms with Gasteiger partial charge in [0.15, 0.2) is 0 Å². The summed E-state index contributed by atoms with van der Waals surface area (Å²) in [6.07, 6.45) is 0. The molecule has 1 rings (SSSR count). The Morgan fingerprint density at radius 1 is 1.32 bits per heavy atom. The Balaban J connectivity index is 2.95. The number of ether oxygens (including phenoxy) is 1. The molecule has 1 N–H and O–H groups in total. The first-order chi connectivity index (χ1) is 8.77. The fourth-order valence-electron chi connectivity index (χ4n) is 1.99. The maximum atomic E-state index is 13.2. The fourth-order valence-corrected chi connectivity index (χ4v) is 3.60. The van der Waals surface area contributed by atoms with E-state index in [4.69, 9.17) is 4.74 Å². The van der Waals surface area contributed by atoms with Crippen molar-refractivity contribution in [3.8, 4) is 0 Å². The number of hydrogen-bond acceptors (Lipinski definition) is 3. The lowest BCUT2D eigenvalue weighted by Gasteiger charge is -2.15. The average molecular weight is 289 g/mol. The summed E-state index contributed by atoms with van der Waals surface area (Å²) in [4.78, 5) is 0.151. The van der Waals surface area contributed by atoms with Crippen LogP contribution in [0.3, 0.4) is 0 Å². The maximum absolute atomic E-state index is 13.2. The van der Waals surface area contributed by atoms with Crippen LogP contribution in [0.15, 0.2) is 17.0 Å².